The largest absolute Gasteiger partial charge is 0.355 e. The summed E-state index contributed by atoms with van der Waals surface area (Å²) in [5, 5.41) is 1.60. The van der Waals surface area contributed by atoms with Gasteiger partial charge in [0.2, 0.25) is 0 Å². The van der Waals surface area contributed by atoms with Gasteiger partial charge in [-0.2, -0.15) is 0 Å². The van der Waals surface area contributed by atoms with E-state index < -0.39 is 0 Å². The number of pyridine rings is 1. The fraction of sp³-hybridized carbons (Fsp3) is 0.214. The Bertz CT molecular complexity index is 513. The van der Waals surface area contributed by atoms with E-state index in [-0.39, 0.29) is 0 Å². The highest BCUT2D eigenvalue weighted by atomic mass is 79.9. The number of alkyl halides is 1. The number of hydrogen-bond donors (Lipinski definition) is 0. The summed E-state index contributed by atoms with van der Waals surface area (Å²) in [6.45, 7) is 0.793. The zero-order valence-electron chi connectivity index (χ0n) is 10.1. The molecule has 0 bridgehead atoms. The van der Waals surface area contributed by atoms with Crippen LogP contribution >= 0.6 is 27.5 Å². The summed E-state index contributed by atoms with van der Waals surface area (Å²) in [5.74, 6) is 0.958. The second kappa shape index (κ2) is 6.21. The third kappa shape index (κ3) is 3.47. The van der Waals surface area contributed by atoms with Crippen LogP contribution in [0.5, 0.6) is 0 Å². The number of halogens is 2. The molecule has 0 atom stereocenters. The summed E-state index contributed by atoms with van der Waals surface area (Å²) in [7, 11) is 2.02. The zero-order chi connectivity index (χ0) is 13.0. The van der Waals surface area contributed by atoms with Gasteiger partial charge in [0, 0.05) is 30.1 Å². The summed E-state index contributed by atoms with van der Waals surface area (Å²) in [4.78, 5) is 6.53. The van der Waals surface area contributed by atoms with Gasteiger partial charge in [0.15, 0.2) is 0 Å². The van der Waals surface area contributed by atoms with E-state index in [1.54, 1.807) is 0 Å². The molecule has 0 amide bonds. The number of anilines is 1. The molecule has 0 radical (unpaired) electrons. The molecular weight excluding hydrogens is 312 g/mol. The molecule has 0 spiro atoms. The van der Waals surface area contributed by atoms with E-state index in [2.05, 4.69) is 37.9 Å². The van der Waals surface area contributed by atoms with Crippen molar-refractivity contribution >= 4 is 33.3 Å². The van der Waals surface area contributed by atoms with E-state index in [1.807, 2.05) is 37.5 Å². The third-order valence-electron chi connectivity index (χ3n) is 2.66. The molecule has 0 aliphatic rings. The van der Waals surface area contributed by atoms with Crippen LogP contribution in [0.4, 0.5) is 5.82 Å². The molecule has 94 valence electrons. The molecule has 1 aromatic carbocycles. The van der Waals surface area contributed by atoms with Crippen LogP contribution in [0.3, 0.4) is 0 Å². The molecule has 4 heteroatoms. The van der Waals surface area contributed by atoms with Gasteiger partial charge in [-0.1, -0.05) is 45.7 Å². The van der Waals surface area contributed by atoms with E-state index in [9.17, 15) is 0 Å². The average molecular weight is 326 g/mol. The van der Waals surface area contributed by atoms with Crippen molar-refractivity contribution in [3.8, 4) is 0 Å². The van der Waals surface area contributed by atoms with Crippen LogP contribution < -0.4 is 4.90 Å². The van der Waals surface area contributed by atoms with Crippen molar-refractivity contribution in [2.75, 3.05) is 11.9 Å². The molecule has 2 aromatic rings. The van der Waals surface area contributed by atoms with Crippen LogP contribution in [0, 0.1) is 0 Å². The van der Waals surface area contributed by atoms with Gasteiger partial charge in [0.05, 0.1) is 0 Å². The molecule has 1 heterocycles. The van der Waals surface area contributed by atoms with E-state index in [0.717, 1.165) is 22.7 Å². The van der Waals surface area contributed by atoms with Crippen LogP contribution in [0.15, 0.2) is 42.6 Å². The number of rotatable bonds is 4. The Morgan fingerprint density at radius 3 is 2.67 bits per heavy atom. The standard InChI is InChI=1S/C14H14BrClN2/c1-18(10-11-3-2-4-13(16)7-11)14-6-5-12(8-15)9-17-14/h2-7,9H,8,10H2,1H3. The van der Waals surface area contributed by atoms with Crippen LogP contribution in [-0.4, -0.2) is 12.0 Å². The quantitative estimate of drug-likeness (QED) is 0.781. The maximum Gasteiger partial charge on any atom is 0.128 e. The number of benzene rings is 1. The lowest BCUT2D eigenvalue weighted by Crippen LogP contribution is -2.17. The SMILES string of the molecule is CN(Cc1cccc(Cl)c1)c1ccc(CBr)cn1. The minimum absolute atomic E-state index is 0.767. The van der Waals surface area contributed by atoms with Crippen molar-refractivity contribution in [3.05, 3.63) is 58.7 Å². The first-order chi connectivity index (χ1) is 8.69. The monoisotopic (exact) mass is 324 g/mol. The predicted molar refractivity (Wildman–Crippen MR) is 80.4 cm³/mol. The van der Waals surface area contributed by atoms with Crippen LogP contribution in [0.25, 0.3) is 0 Å². The Labute approximate surface area is 121 Å². The maximum atomic E-state index is 5.97. The highest BCUT2D eigenvalue weighted by molar-refractivity contribution is 9.08. The zero-order valence-corrected chi connectivity index (χ0v) is 12.4. The Morgan fingerprint density at radius 1 is 1.22 bits per heavy atom. The first-order valence-electron chi connectivity index (χ1n) is 5.65. The van der Waals surface area contributed by atoms with E-state index in [0.29, 0.717) is 0 Å². The van der Waals surface area contributed by atoms with Crippen molar-refractivity contribution in [1.82, 2.24) is 4.98 Å². The molecule has 0 unspecified atom stereocenters. The van der Waals surface area contributed by atoms with Crippen molar-refractivity contribution in [3.63, 3.8) is 0 Å². The summed E-state index contributed by atoms with van der Waals surface area (Å²) < 4.78 is 0. The van der Waals surface area contributed by atoms with E-state index in [4.69, 9.17) is 11.6 Å². The Kier molecular flexibility index (Phi) is 4.61. The Hall–Kier alpha value is -1.06. The second-order valence-electron chi connectivity index (χ2n) is 4.14. The van der Waals surface area contributed by atoms with E-state index in [1.165, 1.54) is 11.1 Å². The first kappa shape index (κ1) is 13.4. The molecule has 1 aromatic heterocycles. The van der Waals surface area contributed by atoms with Crippen molar-refractivity contribution in [2.24, 2.45) is 0 Å². The highest BCUT2D eigenvalue weighted by Crippen LogP contribution is 2.16. The minimum atomic E-state index is 0.767. The van der Waals surface area contributed by atoms with Crippen LogP contribution in [-0.2, 0) is 11.9 Å². The molecule has 0 fully saturated rings. The number of aromatic nitrogens is 1. The lowest BCUT2D eigenvalue weighted by molar-refractivity contribution is 0.896. The second-order valence-corrected chi connectivity index (χ2v) is 5.14. The van der Waals surface area contributed by atoms with Gasteiger partial charge in [0.25, 0.3) is 0 Å². The summed E-state index contributed by atoms with van der Waals surface area (Å²) >= 11 is 9.39. The van der Waals surface area contributed by atoms with Gasteiger partial charge >= 0.3 is 0 Å². The minimum Gasteiger partial charge on any atom is -0.355 e. The molecule has 2 nitrogen and oxygen atoms in total. The summed E-state index contributed by atoms with van der Waals surface area (Å²) in [6, 6.07) is 12.0. The first-order valence-corrected chi connectivity index (χ1v) is 7.15. The smallest absolute Gasteiger partial charge is 0.128 e. The molecule has 0 N–H and O–H groups in total. The number of hydrogen-bond acceptors (Lipinski definition) is 2. The molecule has 2 rings (SSSR count). The predicted octanol–water partition coefficient (Wildman–Crippen LogP) is 4.27. The van der Waals surface area contributed by atoms with Crippen molar-refractivity contribution in [2.45, 2.75) is 11.9 Å². The van der Waals surface area contributed by atoms with Crippen molar-refractivity contribution < 1.29 is 0 Å². The van der Waals surface area contributed by atoms with Gasteiger partial charge < -0.3 is 4.90 Å². The van der Waals surface area contributed by atoms with Crippen LogP contribution in [0.1, 0.15) is 11.1 Å². The lowest BCUT2D eigenvalue weighted by atomic mass is 10.2. The maximum absolute atomic E-state index is 5.97. The highest BCUT2D eigenvalue weighted by Gasteiger charge is 2.04. The topological polar surface area (TPSA) is 16.1 Å². The fourth-order valence-electron chi connectivity index (χ4n) is 1.71. The van der Waals surface area contributed by atoms with Gasteiger partial charge in [-0.3, -0.25) is 0 Å². The van der Waals surface area contributed by atoms with E-state index >= 15 is 0 Å². The molecular formula is C14H14BrClN2. The summed E-state index contributed by atoms with van der Waals surface area (Å²) in [5.41, 5.74) is 2.35. The van der Waals surface area contributed by atoms with Gasteiger partial charge in [0.1, 0.15) is 5.82 Å². The lowest BCUT2D eigenvalue weighted by Gasteiger charge is -2.18. The molecule has 0 saturated heterocycles. The molecule has 0 saturated carbocycles. The van der Waals surface area contributed by atoms with Crippen molar-refractivity contribution in [1.29, 1.82) is 0 Å². The third-order valence-corrected chi connectivity index (χ3v) is 3.55. The Morgan fingerprint density at radius 2 is 2.06 bits per heavy atom. The molecule has 0 aliphatic carbocycles. The van der Waals surface area contributed by atoms with Crippen LogP contribution in [0.2, 0.25) is 5.02 Å². The normalized spacial score (nSPS) is 10.4. The molecule has 0 aliphatic heterocycles. The fourth-order valence-corrected chi connectivity index (χ4v) is 2.26. The average Bonchev–Trinajstić information content (AvgIpc) is 2.39. The van der Waals surface area contributed by atoms with Gasteiger partial charge in [-0.25, -0.2) is 4.98 Å². The molecule has 18 heavy (non-hydrogen) atoms. The number of nitrogens with zero attached hydrogens (tertiary/aromatic N) is 2. The summed E-state index contributed by atoms with van der Waals surface area (Å²) in [6.07, 6.45) is 1.89. The van der Waals surface area contributed by atoms with Gasteiger partial charge in [-0.15, -0.1) is 0 Å². The van der Waals surface area contributed by atoms with Gasteiger partial charge in [-0.05, 0) is 29.3 Å². The Balaban J connectivity index is 2.09.